The highest BCUT2D eigenvalue weighted by Crippen LogP contribution is 2.63. The number of aliphatic imine (C=N–C) groups is 1. The van der Waals surface area contributed by atoms with Crippen LogP contribution in [0.4, 0.5) is 0 Å². The maximum atomic E-state index is 4.98. The van der Waals surface area contributed by atoms with Crippen molar-refractivity contribution in [3.63, 3.8) is 0 Å². The van der Waals surface area contributed by atoms with Crippen molar-refractivity contribution >= 4 is 33.0 Å². The molecular formula is C55H37N. The molecule has 0 amide bonds. The molecule has 1 spiro atoms. The number of fused-ring (bicyclic) bond motifs is 7. The minimum Gasteiger partial charge on any atom is -0.253 e. The molecule has 11 rings (SSSR count). The smallest absolute Gasteiger partial charge is 0.0726 e. The van der Waals surface area contributed by atoms with Crippen molar-refractivity contribution in [1.82, 2.24) is 0 Å². The number of hydrogen-bond acceptors (Lipinski definition) is 1. The summed E-state index contributed by atoms with van der Waals surface area (Å²) < 4.78 is 0. The summed E-state index contributed by atoms with van der Waals surface area (Å²) in [6.07, 6.45) is 0. The molecule has 0 N–H and O–H groups in total. The molecule has 0 radical (unpaired) electrons. The fourth-order valence-electron chi connectivity index (χ4n) is 9.69. The van der Waals surface area contributed by atoms with E-state index >= 15 is 0 Å². The predicted octanol–water partition coefficient (Wildman–Crippen LogP) is 14.2. The van der Waals surface area contributed by atoms with Crippen LogP contribution in [0.5, 0.6) is 0 Å². The van der Waals surface area contributed by atoms with Gasteiger partial charge >= 0.3 is 0 Å². The minimum atomic E-state index is -0.375. The van der Waals surface area contributed by atoms with Crippen molar-refractivity contribution in [2.75, 3.05) is 0 Å². The van der Waals surface area contributed by atoms with Crippen molar-refractivity contribution in [2.45, 2.75) is 12.3 Å². The SMILES string of the molecule is C=C(/N=C(\C)c1ccc(-c2ccccc2)cc1)c1cccc(-c2cccc(-c3cccc4c3-c3ccccc3C43c4cccc5ccc6cccc3c6c45)c2)c1. The van der Waals surface area contributed by atoms with E-state index in [0.717, 1.165) is 33.7 Å². The summed E-state index contributed by atoms with van der Waals surface area (Å²) in [6, 6.07) is 71.1. The average Bonchev–Trinajstić information content (AvgIpc) is 3.74. The van der Waals surface area contributed by atoms with Gasteiger partial charge in [-0.3, -0.25) is 4.99 Å². The third-order valence-electron chi connectivity index (χ3n) is 12.2. The molecule has 262 valence electrons. The lowest BCUT2D eigenvalue weighted by Gasteiger charge is -2.31. The Bertz CT molecular complexity index is 3030. The van der Waals surface area contributed by atoms with Crippen molar-refractivity contribution in [2.24, 2.45) is 4.99 Å². The van der Waals surface area contributed by atoms with Crippen LogP contribution in [0.25, 0.3) is 71.7 Å². The van der Waals surface area contributed by atoms with Crippen LogP contribution in [0, 0.1) is 0 Å². The third-order valence-corrected chi connectivity index (χ3v) is 12.2. The summed E-state index contributed by atoms with van der Waals surface area (Å²) >= 11 is 0. The van der Waals surface area contributed by atoms with E-state index < -0.39 is 0 Å². The molecule has 0 bridgehead atoms. The molecule has 2 aliphatic carbocycles. The van der Waals surface area contributed by atoms with Crippen molar-refractivity contribution in [3.8, 4) is 44.5 Å². The first kappa shape index (κ1) is 32.3. The van der Waals surface area contributed by atoms with Gasteiger partial charge in [0.15, 0.2) is 0 Å². The van der Waals surface area contributed by atoms with E-state index in [4.69, 9.17) is 4.99 Å². The Labute approximate surface area is 327 Å². The minimum absolute atomic E-state index is 0.375. The molecule has 0 aromatic heterocycles. The second kappa shape index (κ2) is 12.5. The van der Waals surface area contributed by atoms with Gasteiger partial charge in [-0.05, 0) is 113 Å². The van der Waals surface area contributed by atoms with Gasteiger partial charge < -0.3 is 0 Å². The van der Waals surface area contributed by atoms with E-state index in [1.54, 1.807) is 0 Å². The van der Waals surface area contributed by atoms with Gasteiger partial charge in [0.05, 0.1) is 11.1 Å². The summed E-state index contributed by atoms with van der Waals surface area (Å²) in [7, 11) is 0. The lowest BCUT2D eigenvalue weighted by Crippen LogP contribution is -2.26. The van der Waals surface area contributed by atoms with Crippen LogP contribution in [0.3, 0.4) is 0 Å². The van der Waals surface area contributed by atoms with E-state index in [1.807, 2.05) is 6.07 Å². The van der Waals surface area contributed by atoms with E-state index in [1.165, 1.54) is 77.2 Å². The quantitative estimate of drug-likeness (QED) is 0.120. The van der Waals surface area contributed by atoms with Crippen molar-refractivity contribution in [3.05, 3.63) is 234 Å². The normalized spacial score (nSPS) is 13.4. The molecule has 2 aliphatic rings. The van der Waals surface area contributed by atoms with Gasteiger partial charge in [-0.2, -0.15) is 0 Å². The Morgan fingerprint density at radius 3 is 1.70 bits per heavy atom. The molecule has 0 saturated heterocycles. The molecule has 0 saturated carbocycles. The standard InChI is InChI=1S/C55H37N/c1-35(37-27-29-39(30-28-37)38-13-4-3-5-14-38)56-36(2)42-17-8-18-43(33-42)44-19-9-20-45(34-44)46-22-12-26-51-54(46)47-21-6-7-23-48(47)55(51)49-24-10-15-40-31-32-41-16-11-25-50(55)53(41)52(40)49/h3-34H,2H2,1H3/b56-35+. The van der Waals surface area contributed by atoms with Crippen LogP contribution in [0.15, 0.2) is 206 Å². The van der Waals surface area contributed by atoms with Gasteiger partial charge in [-0.15, -0.1) is 0 Å². The molecule has 0 atom stereocenters. The molecule has 0 aliphatic heterocycles. The van der Waals surface area contributed by atoms with Crippen LogP contribution in [-0.4, -0.2) is 5.71 Å². The number of benzene rings is 9. The lowest BCUT2D eigenvalue weighted by atomic mass is 9.70. The molecule has 0 heterocycles. The van der Waals surface area contributed by atoms with Gasteiger partial charge in [0.2, 0.25) is 0 Å². The fraction of sp³-hybridized carbons (Fsp3) is 0.0364. The maximum absolute atomic E-state index is 4.98. The Morgan fingerprint density at radius 2 is 0.946 bits per heavy atom. The zero-order valence-electron chi connectivity index (χ0n) is 31.1. The summed E-state index contributed by atoms with van der Waals surface area (Å²) in [5, 5.41) is 5.38. The van der Waals surface area contributed by atoms with Crippen LogP contribution in [0.2, 0.25) is 0 Å². The second-order valence-corrected chi connectivity index (χ2v) is 15.1. The van der Waals surface area contributed by atoms with Crippen LogP contribution < -0.4 is 0 Å². The van der Waals surface area contributed by atoms with Crippen LogP contribution in [-0.2, 0) is 5.41 Å². The number of rotatable bonds is 6. The zero-order valence-corrected chi connectivity index (χ0v) is 31.1. The molecule has 56 heavy (non-hydrogen) atoms. The van der Waals surface area contributed by atoms with E-state index in [-0.39, 0.29) is 5.41 Å². The summed E-state index contributed by atoms with van der Waals surface area (Å²) in [4.78, 5) is 4.98. The summed E-state index contributed by atoms with van der Waals surface area (Å²) in [5.74, 6) is 0. The van der Waals surface area contributed by atoms with Crippen LogP contribution in [0.1, 0.15) is 40.3 Å². The van der Waals surface area contributed by atoms with Gasteiger partial charge in [0, 0.05) is 11.3 Å². The second-order valence-electron chi connectivity index (χ2n) is 15.1. The first-order chi connectivity index (χ1) is 27.6. The Kier molecular flexibility index (Phi) is 7.21. The molecule has 9 aromatic rings. The van der Waals surface area contributed by atoms with E-state index in [9.17, 15) is 0 Å². The zero-order chi connectivity index (χ0) is 37.4. The highest BCUT2D eigenvalue weighted by molar-refractivity contribution is 6.17. The topological polar surface area (TPSA) is 12.4 Å². The van der Waals surface area contributed by atoms with Gasteiger partial charge in [-0.25, -0.2) is 0 Å². The predicted molar refractivity (Wildman–Crippen MR) is 236 cm³/mol. The largest absolute Gasteiger partial charge is 0.253 e. The fourth-order valence-corrected chi connectivity index (χ4v) is 9.69. The maximum Gasteiger partial charge on any atom is 0.0726 e. The third kappa shape index (κ3) is 4.71. The first-order valence-electron chi connectivity index (χ1n) is 19.4. The molecule has 1 heteroatoms. The number of hydrogen-bond donors (Lipinski definition) is 0. The summed E-state index contributed by atoms with van der Waals surface area (Å²) in [5.41, 5.74) is 18.7. The van der Waals surface area contributed by atoms with Gasteiger partial charge in [0.25, 0.3) is 0 Å². The monoisotopic (exact) mass is 711 g/mol. The molecule has 9 aromatic carbocycles. The highest BCUT2D eigenvalue weighted by Gasteiger charge is 2.51. The molecule has 1 nitrogen and oxygen atoms in total. The van der Waals surface area contributed by atoms with Crippen molar-refractivity contribution < 1.29 is 0 Å². The Morgan fingerprint density at radius 1 is 0.411 bits per heavy atom. The summed E-state index contributed by atoms with van der Waals surface area (Å²) in [6.45, 7) is 6.46. The average molecular weight is 712 g/mol. The molecular weight excluding hydrogens is 675 g/mol. The Balaban J connectivity index is 0.978. The van der Waals surface area contributed by atoms with Gasteiger partial charge in [0.1, 0.15) is 0 Å². The lowest BCUT2D eigenvalue weighted by molar-refractivity contribution is 0.797. The van der Waals surface area contributed by atoms with E-state index in [2.05, 4.69) is 202 Å². The molecule has 0 fully saturated rings. The first-order valence-corrected chi connectivity index (χ1v) is 19.4. The van der Waals surface area contributed by atoms with Crippen LogP contribution >= 0.6 is 0 Å². The van der Waals surface area contributed by atoms with E-state index in [0.29, 0.717) is 0 Å². The molecule has 0 unspecified atom stereocenters. The number of nitrogens with zero attached hydrogens (tertiary/aromatic N) is 1. The Hall–Kier alpha value is -7.09. The van der Waals surface area contributed by atoms with Gasteiger partial charge in [-0.1, -0.05) is 189 Å². The highest BCUT2D eigenvalue weighted by atomic mass is 14.8. The van der Waals surface area contributed by atoms with Crippen molar-refractivity contribution in [1.29, 1.82) is 0 Å².